The van der Waals surface area contributed by atoms with Crippen molar-refractivity contribution in [1.82, 2.24) is 5.32 Å². The van der Waals surface area contributed by atoms with Gasteiger partial charge in [0.2, 0.25) is 0 Å². The zero-order valence-electron chi connectivity index (χ0n) is 11.9. The van der Waals surface area contributed by atoms with Gasteiger partial charge in [-0.05, 0) is 49.2 Å². The second-order valence-electron chi connectivity index (χ2n) is 5.67. The third-order valence-electron chi connectivity index (χ3n) is 4.56. The van der Waals surface area contributed by atoms with Gasteiger partial charge in [0.1, 0.15) is 0 Å². The third-order valence-corrected chi connectivity index (χ3v) is 4.56. The molecule has 0 heterocycles. The molecule has 0 bridgehead atoms. The van der Waals surface area contributed by atoms with Crippen LogP contribution in [-0.4, -0.2) is 13.1 Å². The Morgan fingerprint density at radius 2 is 1.89 bits per heavy atom. The van der Waals surface area contributed by atoms with Crippen LogP contribution in [0.3, 0.4) is 0 Å². The molecule has 100 valence electrons. The van der Waals surface area contributed by atoms with Crippen molar-refractivity contribution >= 4 is 0 Å². The van der Waals surface area contributed by atoms with E-state index in [2.05, 4.69) is 49.5 Å². The highest BCUT2D eigenvalue weighted by Gasteiger charge is 2.30. The molecule has 1 heteroatoms. The van der Waals surface area contributed by atoms with Gasteiger partial charge in [0.15, 0.2) is 0 Å². The first-order chi connectivity index (χ1) is 8.85. The van der Waals surface area contributed by atoms with Gasteiger partial charge < -0.3 is 5.32 Å². The van der Waals surface area contributed by atoms with Gasteiger partial charge >= 0.3 is 0 Å². The van der Waals surface area contributed by atoms with Crippen LogP contribution in [0.4, 0.5) is 0 Å². The van der Waals surface area contributed by atoms with E-state index in [0.29, 0.717) is 0 Å². The largest absolute Gasteiger partial charge is 0.317 e. The SMILES string of the molecule is CCNCC1CCC(CC)CC1c1ccccc1. The Morgan fingerprint density at radius 1 is 1.11 bits per heavy atom. The topological polar surface area (TPSA) is 12.0 Å². The van der Waals surface area contributed by atoms with Gasteiger partial charge in [0.25, 0.3) is 0 Å². The third kappa shape index (κ3) is 3.35. The Kier molecular flexibility index (Phi) is 5.25. The normalized spacial score (nSPS) is 28.2. The van der Waals surface area contributed by atoms with Gasteiger partial charge in [-0.25, -0.2) is 0 Å². The van der Waals surface area contributed by atoms with E-state index in [4.69, 9.17) is 0 Å². The molecule has 1 saturated carbocycles. The van der Waals surface area contributed by atoms with Crippen molar-refractivity contribution < 1.29 is 0 Å². The molecule has 1 aromatic rings. The number of rotatable bonds is 5. The molecule has 0 radical (unpaired) electrons. The van der Waals surface area contributed by atoms with Crippen LogP contribution in [0, 0.1) is 11.8 Å². The van der Waals surface area contributed by atoms with Crippen molar-refractivity contribution in [1.29, 1.82) is 0 Å². The summed E-state index contributed by atoms with van der Waals surface area (Å²) in [4.78, 5) is 0. The summed E-state index contributed by atoms with van der Waals surface area (Å²) < 4.78 is 0. The summed E-state index contributed by atoms with van der Waals surface area (Å²) in [5.41, 5.74) is 1.55. The standard InChI is InChI=1S/C17H27N/c1-3-14-10-11-16(13-18-4-2)17(12-14)15-8-6-5-7-9-15/h5-9,14,16-18H,3-4,10-13H2,1-2H3. The van der Waals surface area contributed by atoms with E-state index in [0.717, 1.165) is 24.3 Å². The maximum absolute atomic E-state index is 3.55. The molecule has 0 saturated heterocycles. The molecule has 0 spiro atoms. The molecule has 1 aliphatic rings. The van der Waals surface area contributed by atoms with Crippen molar-refractivity contribution in [3.8, 4) is 0 Å². The lowest BCUT2D eigenvalue weighted by molar-refractivity contribution is 0.226. The summed E-state index contributed by atoms with van der Waals surface area (Å²) in [6, 6.07) is 11.1. The number of benzene rings is 1. The van der Waals surface area contributed by atoms with E-state index in [1.54, 1.807) is 5.56 Å². The highest BCUT2D eigenvalue weighted by molar-refractivity contribution is 5.21. The fraction of sp³-hybridized carbons (Fsp3) is 0.647. The minimum atomic E-state index is 0.768. The second-order valence-corrected chi connectivity index (χ2v) is 5.67. The zero-order valence-corrected chi connectivity index (χ0v) is 11.9. The van der Waals surface area contributed by atoms with E-state index >= 15 is 0 Å². The lowest BCUT2D eigenvalue weighted by Gasteiger charge is -2.36. The zero-order chi connectivity index (χ0) is 12.8. The quantitative estimate of drug-likeness (QED) is 0.819. The summed E-state index contributed by atoms with van der Waals surface area (Å²) in [5.74, 6) is 2.53. The van der Waals surface area contributed by atoms with Gasteiger partial charge in [-0.3, -0.25) is 0 Å². The molecule has 0 amide bonds. The van der Waals surface area contributed by atoms with E-state index in [1.165, 1.54) is 32.2 Å². The van der Waals surface area contributed by atoms with Gasteiger partial charge in [0.05, 0.1) is 0 Å². The Hall–Kier alpha value is -0.820. The molecule has 3 unspecified atom stereocenters. The van der Waals surface area contributed by atoms with Gasteiger partial charge in [-0.2, -0.15) is 0 Å². The predicted molar refractivity (Wildman–Crippen MR) is 78.8 cm³/mol. The van der Waals surface area contributed by atoms with Gasteiger partial charge in [0, 0.05) is 0 Å². The Bertz CT molecular complexity index is 333. The number of hydrogen-bond donors (Lipinski definition) is 1. The summed E-state index contributed by atoms with van der Waals surface area (Å²) >= 11 is 0. The van der Waals surface area contributed by atoms with Crippen LogP contribution in [0.5, 0.6) is 0 Å². The summed E-state index contributed by atoms with van der Waals surface area (Å²) in [7, 11) is 0. The first-order valence-corrected chi connectivity index (χ1v) is 7.60. The van der Waals surface area contributed by atoms with Crippen LogP contribution >= 0.6 is 0 Å². The first kappa shape index (κ1) is 13.6. The average Bonchev–Trinajstić information content (AvgIpc) is 2.46. The molecule has 18 heavy (non-hydrogen) atoms. The highest BCUT2D eigenvalue weighted by Crippen LogP contribution is 2.41. The molecule has 1 fully saturated rings. The molecule has 1 aliphatic carbocycles. The smallest absolute Gasteiger partial charge is 0.00148 e. The Morgan fingerprint density at radius 3 is 2.56 bits per heavy atom. The van der Waals surface area contributed by atoms with Crippen LogP contribution in [0.1, 0.15) is 51.0 Å². The molecule has 0 aromatic heterocycles. The van der Waals surface area contributed by atoms with Crippen molar-refractivity contribution in [3.63, 3.8) is 0 Å². The average molecular weight is 245 g/mol. The molecule has 1 aromatic carbocycles. The minimum absolute atomic E-state index is 0.768. The molecular formula is C17H27N. The van der Waals surface area contributed by atoms with E-state index < -0.39 is 0 Å². The molecule has 3 atom stereocenters. The maximum atomic E-state index is 3.55. The second kappa shape index (κ2) is 6.94. The first-order valence-electron chi connectivity index (χ1n) is 7.60. The van der Waals surface area contributed by atoms with Crippen molar-refractivity contribution in [3.05, 3.63) is 35.9 Å². The van der Waals surface area contributed by atoms with Crippen molar-refractivity contribution in [2.45, 2.75) is 45.4 Å². The summed E-state index contributed by atoms with van der Waals surface area (Å²) in [5, 5.41) is 3.55. The lowest BCUT2D eigenvalue weighted by Crippen LogP contribution is -2.31. The molecular weight excluding hydrogens is 218 g/mol. The lowest BCUT2D eigenvalue weighted by atomic mass is 9.70. The monoisotopic (exact) mass is 245 g/mol. The van der Waals surface area contributed by atoms with Gasteiger partial charge in [-0.15, -0.1) is 0 Å². The minimum Gasteiger partial charge on any atom is -0.317 e. The summed E-state index contributed by atoms with van der Waals surface area (Å²) in [6.45, 7) is 6.83. The van der Waals surface area contributed by atoms with Gasteiger partial charge in [-0.1, -0.05) is 57.0 Å². The van der Waals surface area contributed by atoms with Crippen molar-refractivity contribution in [2.75, 3.05) is 13.1 Å². The molecule has 1 nitrogen and oxygen atoms in total. The van der Waals surface area contributed by atoms with Crippen LogP contribution in [0.15, 0.2) is 30.3 Å². The van der Waals surface area contributed by atoms with Crippen LogP contribution in [0.2, 0.25) is 0 Å². The maximum Gasteiger partial charge on any atom is -0.00148 e. The van der Waals surface area contributed by atoms with Crippen LogP contribution in [0.25, 0.3) is 0 Å². The number of nitrogens with one attached hydrogen (secondary N) is 1. The molecule has 1 N–H and O–H groups in total. The predicted octanol–water partition coefficient (Wildman–Crippen LogP) is 4.21. The van der Waals surface area contributed by atoms with Crippen LogP contribution in [-0.2, 0) is 0 Å². The molecule has 0 aliphatic heterocycles. The molecule has 2 rings (SSSR count). The van der Waals surface area contributed by atoms with Crippen LogP contribution < -0.4 is 5.32 Å². The fourth-order valence-corrected chi connectivity index (χ4v) is 3.37. The Labute approximate surface area is 112 Å². The highest BCUT2D eigenvalue weighted by atomic mass is 14.8. The summed E-state index contributed by atoms with van der Waals surface area (Å²) in [6.07, 6.45) is 5.55. The fourth-order valence-electron chi connectivity index (χ4n) is 3.37. The van der Waals surface area contributed by atoms with E-state index in [9.17, 15) is 0 Å². The van der Waals surface area contributed by atoms with E-state index in [1.807, 2.05) is 0 Å². The van der Waals surface area contributed by atoms with Crippen molar-refractivity contribution in [2.24, 2.45) is 11.8 Å². The van der Waals surface area contributed by atoms with E-state index in [-0.39, 0.29) is 0 Å². The number of hydrogen-bond acceptors (Lipinski definition) is 1. The Balaban J connectivity index is 2.09.